The zero-order valence-corrected chi connectivity index (χ0v) is 18.4. The van der Waals surface area contributed by atoms with Gasteiger partial charge in [-0.05, 0) is 83.3 Å². The van der Waals surface area contributed by atoms with Gasteiger partial charge >= 0.3 is 0 Å². The number of nitrogens with one attached hydrogen (secondary N) is 2. The standard InChI is InChI=1S/C22H19IN2O3S/c23-20-9-5-4-8-19(20)21(26)25-22(29)24-16-10-12-18(13-11-16)28-15-14-27-17-6-2-1-3-7-17/h1-13H,14-15H2,(H2,24,25,26,29). The summed E-state index contributed by atoms with van der Waals surface area (Å²) in [5.74, 6) is 1.29. The minimum absolute atomic E-state index is 0.236. The second-order valence-corrected chi connectivity index (χ2v) is 7.49. The number of hydrogen-bond donors (Lipinski definition) is 2. The number of ether oxygens (including phenoxy) is 2. The van der Waals surface area contributed by atoms with E-state index < -0.39 is 0 Å². The third kappa shape index (κ3) is 6.72. The Hall–Kier alpha value is -2.65. The molecule has 0 atom stereocenters. The van der Waals surface area contributed by atoms with Gasteiger partial charge in [0.05, 0.1) is 5.56 Å². The number of thiocarbonyl (C=S) groups is 1. The lowest BCUT2D eigenvalue weighted by atomic mass is 10.2. The van der Waals surface area contributed by atoms with E-state index in [1.807, 2.05) is 72.8 Å². The third-order valence-electron chi connectivity index (χ3n) is 3.82. The molecule has 0 unspecified atom stereocenters. The minimum Gasteiger partial charge on any atom is -0.490 e. The first-order valence-corrected chi connectivity index (χ1v) is 10.4. The Morgan fingerprint density at radius 3 is 2.07 bits per heavy atom. The van der Waals surface area contributed by atoms with E-state index in [1.54, 1.807) is 6.07 Å². The van der Waals surface area contributed by atoms with Crippen molar-refractivity contribution in [1.82, 2.24) is 5.32 Å². The summed E-state index contributed by atoms with van der Waals surface area (Å²) in [5.41, 5.74) is 1.34. The van der Waals surface area contributed by atoms with Crippen molar-refractivity contribution in [1.29, 1.82) is 0 Å². The van der Waals surface area contributed by atoms with Gasteiger partial charge in [0.15, 0.2) is 5.11 Å². The molecule has 0 saturated carbocycles. The smallest absolute Gasteiger partial charge is 0.258 e. The molecule has 7 heteroatoms. The lowest BCUT2D eigenvalue weighted by molar-refractivity contribution is 0.0977. The van der Waals surface area contributed by atoms with Gasteiger partial charge in [0.1, 0.15) is 24.7 Å². The average molecular weight is 518 g/mol. The van der Waals surface area contributed by atoms with Crippen LogP contribution >= 0.6 is 34.8 Å². The van der Waals surface area contributed by atoms with E-state index in [-0.39, 0.29) is 11.0 Å². The number of carbonyl (C=O) groups excluding carboxylic acids is 1. The van der Waals surface area contributed by atoms with Crippen LogP contribution in [0.15, 0.2) is 78.9 Å². The predicted molar refractivity (Wildman–Crippen MR) is 127 cm³/mol. The highest BCUT2D eigenvalue weighted by Gasteiger charge is 2.10. The Kier molecular flexibility index (Phi) is 7.83. The molecule has 1 amide bonds. The molecule has 0 heterocycles. The molecule has 3 aromatic carbocycles. The van der Waals surface area contributed by atoms with E-state index in [0.717, 1.165) is 20.8 Å². The molecule has 0 aliphatic rings. The fourth-order valence-electron chi connectivity index (χ4n) is 2.45. The highest BCUT2D eigenvalue weighted by molar-refractivity contribution is 14.1. The van der Waals surface area contributed by atoms with Crippen molar-refractivity contribution in [2.24, 2.45) is 0 Å². The maximum Gasteiger partial charge on any atom is 0.258 e. The Morgan fingerprint density at radius 2 is 1.41 bits per heavy atom. The van der Waals surface area contributed by atoms with Crippen molar-refractivity contribution >= 4 is 51.5 Å². The maximum atomic E-state index is 12.3. The molecule has 0 bridgehead atoms. The van der Waals surface area contributed by atoms with E-state index >= 15 is 0 Å². The van der Waals surface area contributed by atoms with Gasteiger partial charge in [-0.3, -0.25) is 10.1 Å². The SMILES string of the molecule is O=C(NC(=S)Nc1ccc(OCCOc2ccccc2)cc1)c1ccccc1I. The van der Waals surface area contributed by atoms with Gasteiger partial charge in [-0.1, -0.05) is 30.3 Å². The summed E-state index contributed by atoms with van der Waals surface area (Å²) in [5, 5.41) is 5.92. The lowest BCUT2D eigenvalue weighted by Gasteiger charge is -2.12. The van der Waals surface area contributed by atoms with Gasteiger partial charge in [0.2, 0.25) is 0 Å². The van der Waals surface area contributed by atoms with Gasteiger partial charge < -0.3 is 14.8 Å². The fraction of sp³-hybridized carbons (Fsp3) is 0.0909. The molecular formula is C22H19IN2O3S. The molecule has 29 heavy (non-hydrogen) atoms. The molecule has 0 spiro atoms. The number of halogens is 1. The van der Waals surface area contributed by atoms with Crippen LogP contribution in [0.1, 0.15) is 10.4 Å². The summed E-state index contributed by atoms with van der Waals surface area (Å²) in [6.45, 7) is 0.893. The summed E-state index contributed by atoms with van der Waals surface area (Å²) >= 11 is 7.35. The van der Waals surface area contributed by atoms with Gasteiger partial charge in [0, 0.05) is 9.26 Å². The normalized spacial score (nSPS) is 10.1. The van der Waals surface area contributed by atoms with Crippen molar-refractivity contribution in [2.45, 2.75) is 0 Å². The number of hydrogen-bond acceptors (Lipinski definition) is 4. The second-order valence-electron chi connectivity index (χ2n) is 5.92. The molecule has 0 aromatic heterocycles. The van der Waals surface area contributed by atoms with Crippen molar-refractivity contribution in [2.75, 3.05) is 18.5 Å². The molecule has 0 radical (unpaired) electrons. The van der Waals surface area contributed by atoms with Crippen LogP contribution in [0.3, 0.4) is 0 Å². The second kappa shape index (κ2) is 10.8. The maximum absolute atomic E-state index is 12.3. The molecular weight excluding hydrogens is 499 g/mol. The third-order valence-corrected chi connectivity index (χ3v) is 4.97. The van der Waals surface area contributed by atoms with Crippen LogP contribution in [0, 0.1) is 3.57 Å². The zero-order chi connectivity index (χ0) is 20.5. The predicted octanol–water partition coefficient (Wildman–Crippen LogP) is 4.88. The van der Waals surface area contributed by atoms with Crippen molar-refractivity contribution in [3.05, 3.63) is 88.0 Å². The number of amides is 1. The molecule has 0 fully saturated rings. The van der Waals surface area contributed by atoms with Crippen molar-refractivity contribution < 1.29 is 14.3 Å². The number of benzene rings is 3. The first kappa shape index (κ1) is 21.1. The van der Waals surface area contributed by atoms with E-state index in [1.165, 1.54) is 0 Å². The number of anilines is 1. The summed E-state index contributed by atoms with van der Waals surface area (Å²) in [4.78, 5) is 12.3. The lowest BCUT2D eigenvalue weighted by Crippen LogP contribution is -2.34. The van der Waals surface area contributed by atoms with Gasteiger partial charge in [-0.15, -0.1) is 0 Å². The highest BCUT2D eigenvalue weighted by Crippen LogP contribution is 2.16. The van der Waals surface area contributed by atoms with Crippen LogP contribution in [-0.4, -0.2) is 24.2 Å². The van der Waals surface area contributed by atoms with Crippen LogP contribution in [-0.2, 0) is 0 Å². The summed E-state index contributed by atoms with van der Waals surface area (Å²) < 4.78 is 12.1. The summed E-state index contributed by atoms with van der Waals surface area (Å²) in [6.07, 6.45) is 0. The summed E-state index contributed by atoms with van der Waals surface area (Å²) in [6, 6.07) is 24.2. The quantitative estimate of drug-likeness (QED) is 0.266. The summed E-state index contributed by atoms with van der Waals surface area (Å²) in [7, 11) is 0. The van der Waals surface area contributed by atoms with Crippen LogP contribution < -0.4 is 20.1 Å². The largest absolute Gasteiger partial charge is 0.490 e. The zero-order valence-electron chi connectivity index (χ0n) is 15.4. The molecule has 3 rings (SSSR count). The monoisotopic (exact) mass is 518 g/mol. The van der Waals surface area contributed by atoms with Crippen LogP contribution in [0.25, 0.3) is 0 Å². The van der Waals surface area contributed by atoms with Crippen LogP contribution in [0.2, 0.25) is 0 Å². The molecule has 5 nitrogen and oxygen atoms in total. The molecule has 0 aliphatic carbocycles. The molecule has 148 valence electrons. The van der Waals surface area contributed by atoms with Crippen molar-refractivity contribution in [3.63, 3.8) is 0 Å². The van der Waals surface area contributed by atoms with Gasteiger partial charge in [-0.25, -0.2) is 0 Å². The highest BCUT2D eigenvalue weighted by atomic mass is 127. The first-order valence-electron chi connectivity index (χ1n) is 8.89. The van der Waals surface area contributed by atoms with E-state index in [4.69, 9.17) is 21.7 Å². The Bertz CT molecular complexity index is 965. The molecule has 0 saturated heterocycles. The Balaban J connectivity index is 1.43. The Labute approximate surface area is 188 Å². The fourth-order valence-corrected chi connectivity index (χ4v) is 3.29. The van der Waals surface area contributed by atoms with Crippen molar-refractivity contribution in [3.8, 4) is 11.5 Å². The van der Waals surface area contributed by atoms with E-state index in [2.05, 4.69) is 33.2 Å². The minimum atomic E-state index is -0.245. The molecule has 3 aromatic rings. The number of rotatable bonds is 7. The number of para-hydroxylation sites is 1. The molecule has 2 N–H and O–H groups in total. The van der Waals surface area contributed by atoms with Crippen LogP contribution in [0.5, 0.6) is 11.5 Å². The number of carbonyl (C=O) groups is 1. The molecule has 0 aliphatic heterocycles. The topological polar surface area (TPSA) is 59.6 Å². The van der Waals surface area contributed by atoms with E-state index in [9.17, 15) is 4.79 Å². The van der Waals surface area contributed by atoms with Crippen LogP contribution in [0.4, 0.5) is 5.69 Å². The van der Waals surface area contributed by atoms with E-state index in [0.29, 0.717) is 18.8 Å². The Morgan fingerprint density at radius 1 is 0.828 bits per heavy atom. The average Bonchev–Trinajstić information content (AvgIpc) is 2.73. The van der Waals surface area contributed by atoms with Gasteiger partial charge in [0.25, 0.3) is 5.91 Å². The first-order chi connectivity index (χ1) is 14.1. The van der Waals surface area contributed by atoms with Gasteiger partial charge in [-0.2, -0.15) is 0 Å².